The Kier molecular flexibility index (Phi) is 3.66. The van der Waals surface area contributed by atoms with Gasteiger partial charge in [0, 0.05) is 18.2 Å². The Balaban J connectivity index is 2.07. The van der Waals surface area contributed by atoms with Crippen LogP contribution in [0.15, 0.2) is 18.2 Å². The molecule has 19 heavy (non-hydrogen) atoms. The molecular weight excluding hydrogens is 248 g/mol. The van der Waals surface area contributed by atoms with Gasteiger partial charge in [-0.3, -0.25) is 20.8 Å². The second-order valence-corrected chi connectivity index (χ2v) is 4.82. The van der Waals surface area contributed by atoms with Gasteiger partial charge in [0.2, 0.25) is 0 Å². The molecule has 0 radical (unpaired) electrons. The topological polar surface area (TPSA) is 110 Å². The first kappa shape index (κ1) is 13.3. The van der Waals surface area contributed by atoms with E-state index < -0.39 is 4.92 Å². The fourth-order valence-electron chi connectivity index (χ4n) is 1.96. The fraction of sp³-hybridized carbons (Fsp3) is 0.417. The number of hydrazine groups is 1. The molecule has 1 fully saturated rings. The summed E-state index contributed by atoms with van der Waals surface area (Å²) in [6.45, 7) is 2.78. The lowest BCUT2D eigenvalue weighted by atomic mass is 10.1. The molecule has 0 heterocycles. The quantitative estimate of drug-likeness (QED) is 0.421. The highest BCUT2D eigenvalue weighted by Crippen LogP contribution is 2.36. The Labute approximate surface area is 110 Å². The van der Waals surface area contributed by atoms with Crippen molar-refractivity contribution in [3.63, 3.8) is 0 Å². The third kappa shape index (κ3) is 3.00. The van der Waals surface area contributed by atoms with E-state index in [0.717, 1.165) is 6.42 Å². The van der Waals surface area contributed by atoms with E-state index in [2.05, 4.69) is 17.7 Å². The molecule has 4 N–H and O–H groups in total. The Morgan fingerprint density at radius 2 is 2.26 bits per heavy atom. The van der Waals surface area contributed by atoms with Crippen molar-refractivity contribution in [2.75, 3.05) is 12.0 Å². The maximum Gasteiger partial charge on any atom is 0.293 e. The number of nitro groups is 1. The molecule has 7 heteroatoms. The second-order valence-electron chi connectivity index (χ2n) is 4.82. The number of nitrogen functional groups attached to an aromatic ring is 1. The minimum atomic E-state index is -0.553. The monoisotopic (exact) mass is 264 g/mol. The molecule has 1 aromatic carbocycles. The molecule has 2 unspecified atom stereocenters. The lowest BCUT2D eigenvalue weighted by molar-refractivity contribution is -0.384. The molecule has 0 spiro atoms. The average molecular weight is 264 g/mol. The molecule has 102 valence electrons. The van der Waals surface area contributed by atoms with Gasteiger partial charge < -0.3 is 10.7 Å². The summed E-state index contributed by atoms with van der Waals surface area (Å²) in [6, 6.07) is 4.07. The summed E-state index contributed by atoms with van der Waals surface area (Å²) in [4.78, 5) is 22.1. The summed E-state index contributed by atoms with van der Waals surface area (Å²) < 4.78 is 0. The van der Waals surface area contributed by atoms with E-state index in [1.54, 1.807) is 0 Å². The van der Waals surface area contributed by atoms with Crippen molar-refractivity contribution < 1.29 is 9.72 Å². The second kappa shape index (κ2) is 5.23. The number of nitrogens with two attached hydrogens (primary N) is 1. The molecule has 1 amide bonds. The number of benzene rings is 1. The summed E-state index contributed by atoms with van der Waals surface area (Å²) in [5.74, 6) is 6.19. The molecule has 7 nitrogen and oxygen atoms in total. The molecule has 1 saturated carbocycles. The van der Waals surface area contributed by atoms with E-state index in [-0.39, 0.29) is 17.3 Å². The van der Waals surface area contributed by atoms with E-state index >= 15 is 0 Å². The normalized spacial score (nSPS) is 20.7. The Morgan fingerprint density at radius 3 is 2.79 bits per heavy atom. The number of hydrogen-bond acceptors (Lipinski definition) is 5. The summed E-state index contributed by atoms with van der Waals surface area (Å²) >= 11 is 0. The molecule has 1 aromatic rings. The minimum Gasteiger partial charge on any atom is -0.352 e. The SMILES string of the molecule is CC1CC1CNC(=O)c1ccc([N+](=O)[O-])c(NN)c1. The highest BCUT2D eigenvalue weighted by molar-refractivity contribution is 5.95. The van der Waals surface area contributed by atoms with Crippen LogP contribution >= 0.6 is 0 Å². The molecule has 0 saturated heterocycles. The van der Waals surface area contributed by atoms with Gasteiger partial charge in [-0.2, -0.15) is 0 Å². The van der Waals surface area contributed by atoms with Crippen LogP contribution in [-0.4, -0.2) is 17.4 Å². The Bertz CT molecular complexity index is 518. The first-order valence-electron chi connectivity index (χ1n) is 6.06. The number of hydrogen-bond donors (Lipinski definition) is 3. The van der Waals surface area contributed by atoms with Gasteiger partial charge in [0.05, 0.1) is 4.92 Å². The molecule has 2 atom stereocenters. The Hall–Kier alpha value is -2.15. The number of rotatable bonds is 5. The van der Waals surface area contributed by atoms with Crippen LogP contribution in [0.2, 0.25) is 0 Å². The minimum absolute atomic E-state index is 0.123. The largest absolute Gasteiger partial charge is 0.352 e. The maximum atomic E-state index is 11.9. The van der Waals surface area contributed by atoms with Crippen LogP contribution in [0.4, 0.5) is 11.4 Å². The molecule has 1 aliphatic rings. The first-order chi connectivity index (χ1) is 9.02. The number of carbonyl (C=O) groups excluding carboxylic acids is 1. The van der Waals surface area contributed by atoms with Crippen LogP contribution in [0, 0.1) is 22.0 Å². The number of nitro benzene ring substituents is 1. The average Bonchev–Trinajstić information content (AvgIpc) is 3.11. The highest BCUT2D eigenvalue weighted by Gasteiger charge is 2.32. The first-order valence-corrected chi connectivity index (χ1v) is 6.06. The van der Waals surface area contributed by atoms with Crippen LogP contribution in [-0.2, 0) is 0 Å². The zero-order valence-electron chi connectivity index (χ0n) is 10.6. The van der Waals surface area contributed by atoms with E-state index in [1.165, 1.54) is 18.2 Å². The zero-order valence-corrected chi connectivity index (χ0v) is 10.6. The fourth-order valence-corrected chi connectivity index (χ4v) is 1.96. The van der Waals surface area contributed by atoms with Gasteiger partial charge in [-0.25, -0.2) is 0 Å². The molecule has 0 bridgehead atoms. The lowest BCUT2D eigenvalue weighted by Crippen LogP contribution is -2.26. The van der Waals surface area contributed by atoms with Crippen LogP contribution in [0.5, 0.6) is 0 Å². The molecule has 0 aromatic heterocycles. The van der Waals surface area contributed by atoms with E-state index in [9.17, 15) is 14.9 Å². The molecular formula is C12H16N4O3. The van der Waals surface area contributed by atoms with Crippen LogP contribution < -0.4 is 16.6 Å². The highest BCUT2D eigenvalue weighted by atomic mass is 16.6. The summed E-state index contributed by atoms with van der Waals surface area (Å²) in [5, 5.41) is 13.5. The standard InChI is InChI=1S/C12H16N4O3/c1-7-4-9(7)6-14-12(17)8-2-3-11(16(18)19)10(5-8)15-13/h2-3,5,7,9,15H,4,6,13H2,1H3,(H,14,17). The van der Waals surface area contributed by atoms with Gasteiger partial charge >= 0.3 is 0 Å². The van der Waals surface area contributed by atoms with E-state index in [4.69, 9.17) is 5.84 Å². The molecule has 1 aliphatic carbocycles. The van der Waals surface area contributed by atoms with Gasteiger partial charge in [-0.05, 0) is 30.4 Å². The number of nitrogens with zero attached hydrogens (tertiary/aromatic N) is 1. The predicted octanol–water partition coefficient (Wildman–Crippen LogP) is 1.27. The third-order valence-electron chi connectivity index (χ3n) is 3.41. The van der Waals surface area contributed by atoms with Crippen LogP contribution in [0.3, 0.4) is 0 Å². The Morgan fingerprint density at radius 1 is 1.58 bits per heavy atom. The number of amides is 1. The van der Waals surface area contributed by atoms with Crippen molar-refractivity contribution in [2.24, 2.45) is 17.7 Å². The van der Waals surface area contributed by atoms with Gasteiger partial charge in [0.25, 0.3) is 11.6 Å². The van der Waals surface area contributed by atoms with E-state index in [0.29, 0.717) is 23.9 Å². The predicted molar refractivity (Wildman–Crippen MR) is 70.5 cm³/mol. The van der Waals surface area contributed by atoms with Crippen molar-refractivity contribution in [3.8, 4) is 0 Å². The van der Waals surface area contributed by atoms with Crippen LogP contribution in [0.25, 0.3) is 0 Å². The van der Waals surface area contributed by atoms with Crippen molar-refractivity contribution in [2.45, 2.75) is 13.3 Å². The number of carbonyl (C=O) groups is 1. The van der Waals surface area contributed by atoms with Crippen molar-refractivity contribution in [1.29, 1.82) is 0 Å². The lowest BCUT2D eigenvalue weighted by Gasteiger charge is -2.07. The smallest absolute Gasteiger partial charge is 0.293 e. The number of anilines is 1. The van der Waals surface area contributed by atoms with Gasteiger partial charge in [0.15, 0.2) is 0 Å². The van der Waals surface area contributed by atoms with Gasteiger partial charge in [0.1, 0.15) is 5.69 Å². The maximum absolute atomic E-state index is 11.9. The molecule has 0 aliphatic heterocycles. The number of nitrogens with one attached hydrogen (secondary N) is 2. The van der Waals surface area contributed by atoms with Crippen molar-refractivity contribution in [3.05, 3.63) is 33.9 Å². The zero-order chi connectivity index (χ0) is 14.0. The van der Waals surface area contributed by atoms with Crippen molar-refractivity contribution in [1.82, 2.24) is 5.32 Å². The summed E-state index contributed by atoms with van der Waals surface area (Å²) in [6.07, 6.45) is 1.14. The summed E-state index contributed by atoms with van der Waals surface area (Å²) in [5.41, 5.74) is 2.55. The van der Waals surface area contributed by atoms with E-state index in [1.807, 2.05) is 0 Å². The van der Waals surface area contributed by atoms with Crippen LogP contribution in [0.1, 0.15) is 23.7 Å². The summed E-state index contributed by atoms with van der Waals surface area (Å²) in [7, 11) is 0. The third-order valence-corrected chi connectivity index (χ3v) is 3.41. The van der Waals surface area contributed by atoms with Gasteiger partial charge in [-0.15, -0.1) is 0 Å². The molecule has 2 rings (SSSR count). The van der Waals surface area contributed by atoms with Crippen molar-refractivity contribution >= 4 is 17.3 Å². The van der Waals surface area contributed by atoms with Gasteiger partial charge in [-0.1, -0.05) is 6.92 Å².